The first-order chi connectivity index (χ1) is 12.7. The highest BCUT2D eigenvalue weighted by molar-refractivity contribution is 8.33. The molecule has 0 saturated carbocycles. The minimum absolute atomic E-state index is 0.0524. The van der Waals surface area contributed by atoms with Gasteiger partial charge in [-0.3, -0.25) is 9.78 Å². The molecular weight excluding hydrogens is 419 g/mol. The largest absolute Gasteiger partial charge is 0.389 e. The molecule has 0 aliphatic heterocycles. The van der Waals surface area contributed by atoms with Crippen LogP contribution in [-0.4, -0.2) is 33.6 Å². The summed E-state index contributed by atoms with van der Waals surface area (Å²) < 4.78 is 41.9. The summed E-state index contributed by atoms with van der Waals surface area (Å²) in [6, 6.07) is 3.48. The Morgan fingerprint density at radius 2 is 2.22 bits per heavy atom. The third-order valence-electron chi connectivity index (χ3n) is 3.51. The first kappa shape index (κ1) is 21.5. The number of alkyl halides is 3. The van der Waals surface area contributed by atoms with Crippen molar-refractivity contribution in [1.29, 1.82) is 0 Å². The lowest BCUT2D eigenvalue weighted by Gasteiger charge is -2.38. The Morgan fingerprint density at radius 3 is 2.78 bits per heavy atom. The second-order valence-electron chi connectivity index (χ2n) is 5.52. The van der Waals surface area contributed by atoms with Gasteiger partial charge in [0, 0.05) is 30.1 Å². The van der Waals surface area contributed by atoms with Gasteiger partial charge in [0.1, 0.15) is 5.01 Å². The van der Waals surface area contributed by atoms with E-state index in [1.165, 1.54) is 0 Å². The first-order valence-electron chi connectivity index (χ1n) is 7.87. The highest BCUT2D eigenvalue weighted by atomic mass is 35.5. The zero-order valence-electron chi connectivity index (χ0n) is 14.3. The molecule has 0 spiro atoms. The molecule has 2 heterocycles. The van der Waals surface area contributed by atoms with E-state index in [4.69, 9.17) is 18.0 Å². The van der Waals surface area contributed by atoms with Gasteiger partial charge in [0.15, 0.2) is 5.15 Å². The first-order valence-corrected chi connectivity index (χ1v) is 11.0. The number of rotatable bonds is 7. The Hall–Kier alpha value is -1.76. The van der Waals surface area contributed by atoms with Crippen molar-refractivity contribution >= 4 is 39.1 Å². The van der Waals surface area contributed by atoms with Crippen LogP contribution in [0.5, 0.6) is 0 Å². The van der Waals surface area contributed by atoms with Gasteiger partial charge in [0.25, 0.3) is 0 Å². The average Bonchev–Trinajstić information content (AvgIpc) is 3.02. The molecule has 0 bridgehead atoms. The number of carbonyl (C=O) groups excluding carboxylic acids is 1. The topological polar surface area (TPSA) is 54.9 Å². The molecule has 146 valence electrons. The van der Waals surface area contributed by atoms with Gasteiger partial charge in [-0.25, -0.2) is 4.98 Å². The standard InChI is InChI=1S/C17H17ClF3N3OS2/c1-3-9-27(24-13(25)4-2,10-7-17(19,20)21)16-14(18)23-15(26-16)12-6-5-8-22-11-12/h1,5-6,8,11H,4,7,9-10H2,2H3,(H,24,25). The quantitative estimate of drug-likeness (QED) is 0.619. The molecule has 1 amide bonds. The zero-order chi connectivity index (χ0) is 20.1. The summed E-state index contributed by atoms with van der Waals surface area (Å²) in [6.45, 7) is 1.62. The predicted molar refractivity (Wildman–Crippen MR) is 104 cm³/mol. The van der Waals surface area contributed by atoms with Gasteiger partial charge < -0.3 is 4.72 Å². The number of thiazole rings is 1. The van der Waals surface area contributed by atoms with Gasteiger partial charge in [-0.05, 0) is 12.1 Å². The van der Waals surface area contributed by atoms with Crippen LogP contribution in [0.25, 0.3) is 10.6 Å². The second kappa shape index (κ2) is 8.95. The molecule has 2 aromatic rings. The summed E-state index contributed by atoms with van der Waals surface area (Å²) in [5.41, 5.74) is 0.683. The fraction of sp³-hybridized carbons (Fsp3) is 0.353. The lowest BCUT2D eigenvalue weighted by Crippen LogP contribution is -2.32. The average molecular weight is 436 g/mol. The summed E-state index contributed by atoms with van der Waals surface area (Å²) in [7, 11) is -2.54. The van der Waals surface area contributed by atoms with E-state index in [0.717, 1.165) is 11.3 Å². The SMILES string of the molecule is C#CCS(CCC(F)(F)F)(NC(=O)CC)c1sc(-c2cccnc2)nc1Cl. The Balaban J connectivity index is 2.52. The monoisotopic (exact) mass is 435 g/mol. The lowest BCUT2D eigenvalue weighted by atomic mass is 10.3. The van der Waals surface area contributed by atoms with Crippen molar-refractivity contribution in [3.63, 3.8) is 0 Å². The highest BCUT2D eigenvalue weighted by Crippen LogP contribution is 2.59. The van der Waals surface area contributed by atoms with Gasteiger partial charge in [-0.1, -0.05) is 24.4 Å². The fourth-order valence-corrected chi connectivity index (χ4v) is 7.57. The van der Waals surface area contributed by atoms with Crippen LogP contribution < -0.4 is 4.72 Å². The summed E-state index contributed by atoms with van der Waals surface area (Å²) in [4.78, 5) is 20.4. The van der Waals surface area contributed by atoms with Crippen molar-refractivity contribution in [2.24, 2.45) is 0 Å². The van der Waals surface area contributed by atoms with Gasteiger partial charge in [-0.15, -0.1) is 28.0 Å². The van der Waals surface area contributed by atoms with Crippen molar-refractivity contribution in [2.45, 2.75) is 30.2 Å². The molecule has 0 radical (unpaired) electrons. The predicted octanol–water partition coefficient (Wildman–Crippen LogP) is 5.05. The highest BCUT2D eigenvalue weighted by Gasteiger charge is 2.37. The molecule has 0 aliphatic rings. The van der Waals surface area contributed by atoms with Crippen LogP contribution in [0.1, 0.15) is 19.8 Å². The lowest BCUT2D eigenvalue weighted by molar-refractivity contribution is -0.130. The minimum atomic E-state index is -4.38. The van der Waals surface area contributed by atoms with Gasteiger partial charge in [0.05, 0.1) is 16.4 Å². The summed E-state index contributed by atoms with van der Waals surface area (Å²) in [5, 5.41) is 0.567. The fourth-order valence-electron chi connectivity index (χ4n) is 2.23. The molecule has 0 aromatic carbocycles. The van der Waals surface area contributed by atoms with Crippen molar-refractivity contribution in [3.8, 4) is 22.9 Å². The second-order valence-corrected chi connectivity index (χ2v) is 10.2. The molecule has 1 unspecified atom stereocenters. The van der Waals surface area contributed by atoms with E-state index in [1.54, 1.807) is 31.5 Å². The molecule has 10 heteroatoms. The molecule has 27 heavy (non-hydrogen) atoms. The van der Waals surface area contributed by atoms with E-state index in [0.29, 0.717) is 14.8 Å². The third kappa shape index (κ3) is 5.61. The van der Waals surface area contributed by atoms with E-state index in [1.807, 2.05) is 0 Å². The Bertz CT molecular complexity index is 836. The molecule has 0 saturated heterocycles. The van der Waals surface area contributed by atoms with Crippen LogP contribution in [-0.2, 0) is 4.79 Å². The number of halogens is 4. The van der Waals surface area contributed by atoms with Gasteiger partial charge >= 0.3 is 6.18 Å². The normalized spacial score (nSPS) is 14.8. The molecule has 4 nitrogen and oxygen atoms in total. The molecule has 0 fully saturated rings. The van der Waals surface area contributed by atoms with Crippen molar-refractivity contribution in [3.05, 3.63) is 29.7 Å². The molecule has 2 aromatic heterocycles. The van der Waals surface area contributed by atoms with Crippen LogP contribution in [0, 0.1) is 12.3 Å². The third-order valence-corrected chi connectivity index (χ3v) is 9.20. The number of terminal acetylenes is 1. The summed E-state index contributed by atoms with van der Waals surface area (Å²) >= 11 is 7.43. The maximum atomic E-state index is 12.9. The maximum absolute atomic E-state index is 12.9. The number of carbonyl (C=O) groups is 1. The Labute approximate surface area is 166 Å². The van der Waals surface area contributed by atoms with Crippen LogP contribution in [0.4, 0.5) is 13.2 Å². The number of nitrogens with zero attached hydrogens (tertiary/aromatic N) is 2. The van der Waals surface area contributed by atoms with Crippen LogP contribution >= 0.6 is 33.2 Å². The number of amides is 1. The Kier molecular flexibility index (Phi) is 7.14. The summed E-state index contributed by atoms with van der Waals surface area (Å²) in [5.74, 6) is 1.63. The van der Waals surface area contributed by atoms with Crippen molar-refractivity contribution in [1.82, 2.24) is 14.7 Å². The Morgan fingerprint density at radius 1 is 1.48 bits per heavy atom. The molecule has 2 rings (SSSR count). The van der Waals surface area contributed by atoms with Crippen molar-refractivity contribution < 1.29 is 18.0 Å². The van der Waals surface area contributed by atoms with Crippen LogP contribution in [0.15, 0.2) is 28.7 Å². The van der Waals surface area contributed by atoms with Crippen LogP contribution in [0.3, 0.4) is 0 Å². The van der Waals surface area contributed by atoms with Crippen LogP contribution in [0.2, 0.25) is 5.15 Å². The molecule has 1 atom stereocenters. The summed E-state index contributed by atoms with van der Waals surface area (Å²) in [6.07, 6.45) is 3.28. The number of pyridine rings is 1. The minimum Gasteiger partial charge on any atom is -0.313 e. The van der Waals surface area contributed by atoms with E-state index < -0.39 is 22.8 Å². The number of hydrogen-bond acceptors (Lipinski definition) is 4. The van der Waals surface area contributed by atoms with E-state index in [2.05, 4.69) is 20.6 Å². The van der Waals surface area contributed by atoms with E-state index in [9.17, 15) is 18.0 Å². The van der Waals surface area contributed by atoms with Gasteiger partial charge in [-0.2, -0.15) is 13.2 Å². The van der Waals surface area contributed by atoms with E-state index >= 15 is 0 Å². The number of hydrogen-bond donors (Lipinski definition) is 1. The van der Waals surface area contributed by atoms with Crippen molar-refractivity contribution in [2.75, 3.05) is 11.5 Å². The molecule has 0 aliphatic carbocycles. The molecular formula is C17H17ClF3N3OS2. The zero-order valence-corrected chi connectivity index (χ0v) is 16.7. The van der Waals surface area contributed by atoms with Gasteiger partial charge in [0.2, 0.25) is 5.91 Å². The smallest absolute Gasteiger partial charge is 0.313 e. The number of nitrogens with one attached hydrogen (secondary N) is 1. The molecule has 1 N–H and O–H groups in total. The number of aromatic nitrogens is 2. The van der Waals surface area contributed by atoms with E-state index in [-0.39, 0.29) is 29.0 Å². The maximum Gasteiger partial charge on any atom is 0.389 e.